The molecule has 1 rings (SSSR count). The van der Waals surface area contributed by atoms with E-state index in [0.717, 1.165) is 10.7 Å². The predicted octanol–water partition coefficient (Wildman–Crippen LogP) is 0.371. The number of aromatic nitrogens is 2. The highest BCUT2D eigenvalue weighted by atomic mass is 32.2. The largest absolute Gasteiger partial charge is 0.478 e. The lowest BCUT2D eigenvalue weighted by Gasteiger charge is -2.11. The van der Waals surface area contributed by atoms with E-state index in [1.807, 2.05) is 0 Å². The molecule has 0 saturated heterocycles. The quantitative estimate of drug-likeness (QED) is 0.735. The minimum absolute atomic E-state index is 0.0742. The van der Waals surface area contributed by atoms with Crippen LogP contribution in [0.3, 0.4) is 0 Å². The number of H-pyrrole nitrogens is 1. The molecule has 0 aliphatic carbocycles. The van der Waals surface area contributed by atoms with Crippen molar-refractivity contribution in [3.05, 3.63) is 16.4 Å². The van der Waals surface area contributed by atoms with E-state index in [2.05, 4.69) is 5.10 Å². The molecule has 1 atom stereocenters. The second-order valence-electron chi connectivity index (χ2n) is 3.14. The van der Waals surface area contributed by atoms with Crippen LogP contribution >= 0.6 is 0 Å². The summed E-state index contributed by atoms with van der Waals surface area (Å²) in [5, 5.41) is 1.17. The summed E-state index contributed by atoms with van der Waals surface area (Å²) in [6.45, 7) is 3.63. The van der Waals surface area contributed by atoms with Crippen LogP contribution in [0.1, 0.15) is 25.6 Å². The molecule has 1 aromatic rings. The molecular formula is C8H14N2O5S. The molecule has 1 heterocycles. The summed E-state index contributed by atoms with van der Waals surface area (Å²) in [6.07, 6.45) is 0.0742. The smallest absolute Gasteiger partial charge is 0.288 e. The maximum atomic E-state index is 11.4. The first-order valence-corrected chi connectivity index (χ1v) is 6.31. The van der Waals surface area contributed by atoms with Crippen LogP contribution in [-0.2, 0) is 10.1 Å². The van der Waals surface area contributed by atoms with E-state index in [1.165, 1.54) is 0 Å². The molecule has 0 fully saturated rings. The van der Waals surface area contributed by atoms with E-state index < -0.39 is 21.1 Å². The highest BCUT2D eigenvalue weighted by Gasteiger charge is 2.25. The molecule has 0 saturated carbocycles. The van der Waals surface area contributed by atoms with Crippen molar-refractivity contribution in [3.63, 3.8) is 0 Å². The topological polar surface area (TPSA) is 101 Å². The van der Waals surface area contributed by atoms with Crippen molar-refractivity contribution in [2.45, 2.75) is 25.6 Å². The highest BCUT2D eigenvalue weighted by molar-refractivity contribution is 7.85. The fraction of sp³-hybridized carbons (Fsp3) is 0.625. The zero-order chi connectivity index (χ0) is 12.3. The van der Waals surface area contributed by atoms with Gasteiger partial charge in [0.25, 0.3) is 15.7 Å². The van der Waals surface area contributed by atoms with Crippen molar-refractivity contribution in [2.75, 3.05) is 6.61 Å². The van der Waals surface area contributed by atoms with E-state index in [0.29, 0.717) is 6.61 Å². The van der Waals surface area contributed by atoms with E-state index in [9.17, 15) is 13.2 Å². The van der Waals surface area contributed by atoms with Crippen LogP contribution in [0.25, 0.3) is 0 Å². The van der Waals surface area contributed by atoms with Crippen LogP contribution in [0.4, 0.5) is 0 Å². The molecule has 8 heteroatoms. The van der Waals surface area contributed by atoms with Gasteiger partial charge in [-0.2, -0.15) is 8.42 Å². The van der Waals surface area contributed by atoms with Gasteiger partial charge >= 0.3 is 0 Å². The summed E-state index contributed by atoms with van der Waals surface area (Å²) >= 11 is 0. The number of rotatable bonds is 5. The summed E-state index contributed by atoms with van der Waals surface area (Å²) in [7, 11) is -4.32. The van der Waals surface area contributed by atoms with Crippen molar-refractivity contribution in [1.82, 2.24) is 9.78 Å². The lowest BCUT2D eigenvalue weighted by atomic mass is 10.5. The zero-order valence-corrected chi connectivity index (χ0v) is 9.82. The maximum Gasteiger partial charge on any atom is 0.288 e. The van der Waals surface area contributed by atoms with Gasteiger partial charge in [-0.3, -0.25) is 14.4 Å². The normalized spacial score (nSPS) is 13.7. The average Bonchev–Trinajstić information content (AvgIpc) is 2.47. The van der Waals surface area contributed by atoms with E-state index in [4.69, 9.17) is 9.29 Å². The Balaban J connectivity index is 3.16. The number of nitrogens with zero attached hydrogens (tertiary/aromatic N) is 1. The van der Waals surface area contributed by atoms with E-state index in [-0.39, 0.29) is 12.3 Å². The fourth-order valence-electron chi connectivity index (χ4n) is 1.36. The first-order valence-electron chi connectivity index (χ1n) is 4.80. The molecule has 16 heavy (non-hydrogen) atoms. The monoisotopic (exact) mass is 250 g/mol. The van der Waals surface area contributed by atoms with Gasteiger partial charge in [0.2, 0.25) is 5.88 Å². The number of hydrogen-bond acceptors (Lipinski definition) is 4. The predicted molar refractivity (Wildman–Crippen MR) is 57.1 cm³/mol. The molecular weight excluding hydrogens is 236 g/mol. The van der Waals surface area contributed by atoms with Crippen molar-refractivity contribution in [3.8, 4) is 5.88 Å². The van der Waals surface area contributed by atoms with Crippen molar-refractivity contribution >= 4 is 10.1 Å². The third-order valence-electron chi connectivity index (χ3n) is 2.00. The third-order valence-corrected chi connectivity index (χ3v) is 3.24. The molecule has 0 aliphatic heterocycles. The summed E-state index contributed by atoms with van der Waals surface area (Å²) in [4.78, 5) is 11.4. The van der Waals surface area contributed by atoms with Gasteiger partial charge in [-0.05, 0) is 13.3 Å². The number of ether oxygens (including phenoxy) is 1. The van der Waals surface area contributed by atoms with Crippen LogP contribution in [-0.4, -0.2) is 29.4 Å². The fourth-order valence-corrected chi connectivity index (χ4v) is 2.20. The summed E-state index contributed by atoms with van der Waals surface area (Å²) in [5.74, 6) is 0.176. The highest BCUT2D eigenvalue weighted by Crippen LogP contribution is 2.16. The Bertz CT molecular complexity index is 501. The molecule has 0 aliphatic rings. The Kier molecular flexibility index (Phi) is 3.76. The molecule has 0 amide bonds. The molecule has 0 radical (unpaired) electrons. The summed E-state index contributed by atoms with van der Waals surface area (Å²) in [6, 6.07) is 1.14. The van der Waals surface area contributed by atoms with Gasteiger partial charge in [0, 0.05) is 0 Å². The van der Waals surface area contributed by atoms with Gasteiger partial charge in [-0.1, -0.05) is 6.92 Å². The van der Waals surface area contributed by atoms with Crippen LogP contribution in [0.5, 0.6) is 5.88 Å². The van der Waals surface area contributed by atoms with Crippen LogP contribution in [0, 0.1) is 0 Å². The molecule has 7 nitrogen and oxygen atoms in total. The maximum absolute atomic E-state index is 11.4. The molecule has 0 spiro atoms. The second kappa shape index (κ2) is 4.71. The molecule has 1 unspecified atom stereocenters. The zero-order valence-electron chi connectivity index (χ0n) is 9.00. The van der Waals surface area contributed by atoms with Gasteiger partial charge in [0.15, 0.2) is 5.37 Å². The number of aromatic amines is 1. The number of nitrogens with one attached hydrogen (secondary N) is 1. The minimum atomic E-state index is -4.32. The molecule has 0 bridgehead atoms. The molecule has 1 aromatic heterocycles. The van der Waals surface area contributed by atoms with Gasteiger partial charge in [0.1, 0.15) is 0 Å². The standard InChI is InChI=1S/C8H14N2O5S/c1-3-8(16(12,13)14)10-7(11)5-6(9-10)15-4-2/h5,8-9H,3-4H2,1-2H3,(H,12,13,14). The third kappa shape index (κ3) is 2.64. The van der Waals surface area contributed by atoms with Gasteiger partial charge in [-0.15, -0.1) is 0 Å². The Morgan fingerprint density at radius 1 is 1.56 bits per heavy atom. The van der Waals surface area contributed by atoms with Crippen molar-refractivity contribution < 1.29 is 17.7 Å². The molecule has 92 valence electrons. The Hall–Kier alpha value is -1.28. The Morgan fingerprint density at radius 3 is 2.62 bits per heavy atom. The lowest BCUT2D eigenvalue weighted by molar-refractivity contribution is 0.319. The van der Waals surface area contributed by atoms with Gasteiger partial charge in [-0.25, -0.2) is 4.68 Å². The minimum Gasteiger partial charge on any atom is -0.478 e. The molecule has 2 N–H and O–H groups in total. The Labute approximate surface area is 92.8 Å². The first kappa shape index (κ1) is 12.8. The molecule has 0 aromatic carbocycles. The van der Waals surface area contributed by atoms with E-state index in [1.54, 1.807) is 13.8 Å². The summed E-state index contributed by atoms with van der Waals surface area (Å²) in [5.41, 5.74) is -0.562. The first-order chi connectivity index (χ1) is 7.40. The number of hydrogen-bond donors (Lipinski definition) is 2. The second-order valence-corrected chi connectivity index (χ2v) is 4.71. The lowest BCUT2D eigenvalue weighted by Crippen LogP contribution is -2.27. The van der Waals surface area contributed by atoms with Gasteiger partial charge in [0.05, 0.1) is 12.7 Å². The van der Waals surface area contributed by atoms with Crippen molar-refractivity contribution in [2.24, 2.45) is 0 Å². The van der Waals surface area contributed by atoms with Crippen LogP contribution in [0.2, 0.25) is 0 Å². The van der Waals surface area contributed by atoms with E-state index >= 15 is 0 Å². The average molecular weight is 250 g/mol. The van der Waals surface area contributed by atoms with Gasteiger partial charge < -0.3 is 4.74 Å². The van der Waals surface area contributed by atoms with Crippen LogP contribution < -0.4 is 10.3 Å². The SMILES string of the molecule is CCOc1cc(=O)n(C(CC)S(=O)(=O)O)[nH]1. The van der Waals surface area contributed by atoms with Crippen LogP contribution in [0.15, 0.2) is 10.9 Å². The summed E-state index contributed by atoms with van der Waals surface area (Å²) < 4.78 is 36.8. The van der Waals surface area contributed by atoms with Crippen molar-refractivity contribution in [1.29, 1.82) is 0 Å². The Morgan fingerprint density at radius 2 is 2.19 bits per heavy atom.